The zero-order valence-corrected chi connectivity index (χ0v) is 24.3. The second-order valence-corrected chi connectivity index (χ2v) is 13.1. The molecule has 5 unspecified atom stereocenters. The maximum absolute atomic E-state index is 14.4. The van der Waals surface area contributed by atoms with Crippen LogP contribution in [0.15, 0.2) is 24.4 Å². The van der Waals surface area contributed by atoms with Crippen LogP contribution in [0.2, 0.25) is 0 Å². The van der Waals surface area contributed by atoms with Gasteiger partial charge in [0.1, 0.15) is 0 Å². The Morgan fingerprint density at radius 1 is 1.24 bits per heavy atom. The van der Waals surface area contributed by atoms with Crippen molar-refractivity contribution in [3.8, 4) is 0 Å². The van der Waals surface area contributed by atoms with Gasteiger partial charge in [0.2, 0.25) is 11.8 Å². The number of nitrogens with zero attached hydrogens (tertiary/aromatic N) is 3. The van der Waals surface area contributed by atoms with Crippen molar-refractivity contribution in [3.63, 3.8) is 0 Å². The van der Waals surface area contributed by atoms with Crippen LogP contribution in [-0.4, -0.2) is 84.7 Å². The summed E-state index contributed by atoms with van der Waals surface area (Å²) in [7, 11) is 1.67. The number of carbonyl (C=O) groups excluding carboxylic acids is 2. The van der Waals surface area contributed by atoms with Crippen LogP contribution in [0.5, 0.6) is 0 Å². The van der Waals surface area contributed by atoms with Crippen molar-refractivity contribution in [1.82, 2.24) is 20.1 Å². The second kappa shape index (κ2) is 11.3. The number of ether oxygens (including phenoxy) is 2. The first-order valence-electron chi connectivity index (χ1n) is 14.5. The predicted molar refractivity (Wildman–Crippen MR) is 146 cm³/mol. The lowest BCUT2D eigenvalue weighted by Gasteiger charge is -2.37. The zero-order chi connectivity index (χ0) is 29.6. The minimum atomic E-state index is -4.50. The Balaban J connectivity index is 1.38. The number of allylic oxidation sites excluding steroid dienone is 1. The Kier molecular flexibility index (Phi) is 8.26. The highest BCUT2D eigenvalue weighted by molar-refractivity contribution is 5.91. The molecule has 1 aliphatic carbocycles. The number of carbonyl (C=O) groups is 2. The number of alkyl halides is 3. The molecule has 3 aliphatic heterocycles. The molecule has 11 heteroatoms. The summed E-state index contributed by atoms with van der Waals surface area (Å²) in [5, 5.41) is 3.73. The van der Waals surface area contributed by atoms with Gasteiger partial charge < -0.3 is 24.6 Å². The molecule has 0 spiro atoms. The van der Waals surface area contributed by atoms with Gasteiger partial charge in [0, 0.05) is 70.3 Å². The number of rotatable bonds is 5. The summed E-state index contributed by atoms with van der Waals surface area (Å²) in [5.74, 6) is -0.250. The first kappa shape index (κ1) is 30.0. The van der Waals surface area contributed by atoms with E-state index >= 15 is 0 Å². The number of likely N-dealkylation sites (tertiary alicyclic amines) is 1. The largest absolute Gasteiger partial charge is 0.417 e. The molecule has 4 heterocycles. The fourth-order valence-corrected chi connectivity index (χ4v) is 6.93. The Bertz CT molecular complexity index is 1180. The molecule has 1 aromatic rings. The lowest BCUT2D eigenvalue weighted by Crippen LogP contribution is -2.52. The molecule has 8 nitrogen and oxygen atoms in total. The van der Waals surface area contributed by atoms with E-state index in [1.165, 1.54) is 0 Å². The number of hydrogen-bond acceptors (Lipinski definition) is 6. The normalized spacial score (nSPS) is 30.5. The van der Waals surface area contributed by atoms with Gasteiger partial charge in [-0.25, -0.2) is 0 Å². The van der Waals surface area contributed by atoms with E-state index in [-0.39, 0.29) is 47.9 Å². The monoisotopic (exact) mass is 578 g/mol. The maximum Gasteiger partial charge on any atom is 0.417 e. The Morgan fingerprint density at radius 2 is 2.02 bits per heavy atom. The molecule has 5 rings (SSSR count). The van der Waals surface area contributed by atoms with Gasteiger partial charge in [-0.05, 0) is 48.3 Å². The van der Waals surface area contributed by atoms with Crippen molar-refractivity contribution in [2.45, 2.75) is 77.4 Å². The molecular formula is C30H41F3N4O4. The quantitative estimate of drug-likeness (QED) is 0.538. The van der Waals surface area contributed by atoms with Gasteiger partial charge in [0.15, 0.2) is 0 Å². The minimum absolute atomic E-state index is 0.0543. The number of amides is 2. The third-order valence-corrected chi connectivity index (χ3v) is 9.05. The molecule has 226 valence electrons. The number of nitrogens with one attached hydrogen (secondary N) is 1. The van der Waals surface area contributed by atoms with Gasteiger partial charge in [0.05, 0.1) is 23.7 Å². The lowest BCUT2D eigenvalue weighted by molar-refractivity contribution is -0.144. The standard InChI is InChI=1S/C30H41F3N4O4/c1-28(2,3)8-5-26(38)37-16-21-12-22(35-24-7-10-41-17-25(24)40-4)13-29(21,18-37)27(39)36-9-6-23-19(15-36)11-20(14-34-23)30(31,32)33/h5,8,11,14,21-22,24-25,35H,6-7,9-10,12-13,15-18H2,1-4H3. The van der Waals surface area contributed by atoms with E-state index in [0.29, 0.717) is 56.9 Å². The van der Waals surface area contributed by atoms with Crippen molar-refractivity contribution < 1.29 is 32.2 Å². The fourth-order valence-electron chi connectivity index (χ4n) is 6.93. The van der Waals surface area contributed by atoms with Crippen LogP contribution in [0.1, 0.15) is 56.9 Å². The van der Waals surface area contributed by atoms with Crippen LogP contribution in [0.25, 0.3) is 0 Å². The van der Waals surface area contributed by atoms with Crippen molar-refractivity contribution in [3.05, 3.63) is 41.2 Å². The van der Waals surface area contributed by atoms with Crippen molar-refractivity contribution >= 4 is 11.8 Å². The fraction of sp³-hybridized carbons (Fsp3) is 0.700. The molecule has 0 bridgehead atoms. The number of halogens is 3. The van der Waals surface area contributed by atoms with E-state index < -0.39 is 17.2 Å². The molecule has 4 aliphatic rings. The first-order valence-corrected chi connectivity index (χ1v) is 14.5. The Morgan fingerprint density at radius 3 is 2.73 bits per heavy atom. The van der Waals surface area contributed by atoms with Crippen LogP contribution in [0, 0.1) is 16.7 Å². The van der Waals surface area contributed by atoms with Crippen LogP contribution in [0.3, 0.4) is 0 Å². The van der Waals surface area contributed by atoms with Crippen LogP contribution in [0.4, 0.5) is 13.2 Å². The summed E-state index contributed by atoms with van der Waals surface area (Å²) in [6.07, 6.45) is 2.26. The van der Waals surface area contributed by atoms with Crippen LogP contribution >= 0.6 is 0 Å². The topological polar surface area (TPSA) is 84.0 Å². The summed E-state index contributed by atoms with van der Waals surface area (Å²) in [4.78, 5) is 35.1. The van der Waals surface area contributed by atoms with Gasteiger partial charge in [0.25, 0.3) is 0 Å². The minimum Gasteiger partial charge on any atom is -0.379 e. The van der Waals surface area contributed by atoms with E-state index in [1.807, 2.05) is 26.8 Å². The average Bonchev–Trinajstić information content (AvgIpc) is 3.45. The summed E-state index contributed by atoms with van der Waals surface area (Å²) in [5.41, 5.74) is -0.727. The summed E-state index contributed by atoms with van der Waals surface area (Å²) < 4.78 is 51.4. The molecule has 2 amide bonds. The molecular weight excluding hydrogens is 537 g/mol. The first-order chi connectivity index (χ1) is 19.3. The predicted octanol–water partition coefficient (Wildman–Crippen LogP) is 3.59. The average molecular weight is 579 g/mol. The van der Waals surface area contributed by atoms with Crippen molar-refractivity contribution in [1.29, 1.82) is 0 Å². The SMILES string of the molecule is COC1COCCC1NC1CC2CN(C(=O)C=CC(C)(C)C)CC2(C(=O)N2CCc3ncc(C(F)(F)F)cc3C2)C1. The van der Waals surface area contributed by atoms with E-state index in [9.17, 15) is 22.8 Å². The maximum atomic E-state index is 14.4. The van der Waals surface area contributed by atoms with E-state index in [2.05, 4.69) is 10.3 Å². The van der Waals surface area contributed by atoms with Gasteiger partial charge >= 0.3 is 6.18 Å². The molecule has 3 fully saturated rings. The van der Waals surface area contributed by atoms with Crippen LogP contribution < -0.4 is 5.32 Å². The molecule has 1 aromatic heterocycles. The van der Waals surface area contributed by atoms with Crippen molar-refractivity contribution in [2.24, 2.45) is 16.7 Å². The van der Waals surface area contributed by atoms with E-state index in [1.54, 1.807) is 23.0 Å². The number of fused-ring (bicyclic) bond motifs is 2. The van der Waals surface area contributed by atoms with E-state index in [4.69, 9.17) is 9.47 Å². The van der Waals surface area contributed by atoms with Gasteiger partial charge in [-0.15, -0.1) is 0 Å². The molecule has 41 heavy (non-hydrogen) atoms. The molecule has 1 N–H and O–H groups in total. The zero-order valence-electron chi connectivity index (χ0n) is 24.3. The summed E-state index contributed by atoms with van der Waals surface area (Å²) in [6, 6.07) is 1.28. The molecule has 2 saturated heterocycles. The van der Waals surface area contributed by atoms with Crippen LogP contribution in [-0.2, 0) is 38.2 Å². The van der Waals surface area contributed by atoms with Gasteiger partial charge in [-0.1, -0.05) is 26.8 Å². The number of hydrogen-bond donors (Lipinski definition) is 1. The van der Waals surface area contributed by atoms with Gasteiger partial charge in [-0.3, -0.25) is 14.6 Å². The molecule has 5 atom stereocenters. The number of aromatic nitrogens is 1. The van der Waals surface area contributed by atoms with E-state index in [0.717, 1.165) is 25.1 Å². The third-order valence-electron chi connectivity index (χ3n) is 9.05. The second-order valence-electron chi connectivity index (χ2n) is 13.1. The lowest BCUT2D eigenvalue weighted by atomic mass is 9.78. The Hall–Kier alpha value is -2.50. The molecule has 0 radical (unpaired) electrons. The number of pyridine rings is 1. The smallest absolute Gasteiger partial charge is 0.379 e. The molecule has 0 aromatic carbocycles. The highest BCUT2D eigenvalue weighted by Gasteiger charge is 2.59. The molecule has 1 saturated carbocycles. The third kappa shape index (κ3) is 6.32. The van der Waals surface area contributed by atoms with Crippen molar-refractivity contribution in [2.75, 3.05) is 40.0 Å². The van der Waals surface area contributed by atoms with Gasteiger partial charge in [-0.2, -0.15) is 13.2 Å². The highest BCUT2D eigenvalue weighted by Crippen LogP contribution is 2.51. The highest BCUT2D eigenvalue weighted by atomic mass is 19.4. The summed E-state index contributed by atoms with van der Waals surface area (Å²) in [6.45, 7) is 8.46. The summed E-state index contributed by atoms with van der Waals surface area (Å²) >= 11 is 0. The number of methoxy groups -OCH3 is 1. The Labute approximate surface area is 239 Å².